The van der Waals surface area contributed by atoms with Crippen LogP contribution in [-0.4, -0.2) is 18.2 Å². The first kappa shape index (κ1) is 13.5. The maximum absolute atomic E-state index is 13.1. The number of fused-ring (bicyclic) bond motifs is 1. The molecular weight excluding hydrogens is 267 g/mol. The number of nitrogens with zero attached hydrogens (tertiary/aromatic N) is 1. The van der Waals surface area contributed by atoms with Crippen LogP contribution in [0.4, 0.5) is 10.1 Å². The number of benzene rings is 2. The highest BCUT2D eigenvalue weighted by atomic mass is 19.1. The van der Waals surface area contributed by atoms with E-state index < -0.39 is 0 Å². The minimum atomic E-state index is -0.224. The third-order valence-corrected chi connectivity index (χ3v) is 3.48. The van der Waals surface area contributed by atoms with Crippen LogP contribution in [-0.2, 0) is 6.54 Å². The summed E-state index contributed by atoms with van der Waals surface area (Å²) >= 11 is 0. The van der Waals surface area contributed by atoms with Gasteiger partial charge in [0.15, 0.2) is 0 Å². The summed E-state index contributed by atoms with van der Waals surface area (Å²) in [6.45, 7) is 1.55. The van der Waals surface area contributed by atoms with Gasteiger partial charge in [-0.05, 0) is 42.5 Å². The predicted octanol–water partition coefficient (Wildman–Crippen LogP) is 3.90. The number of methoxy groups -OCH3 is 1. The Morgan fingerprint density at radius 1 is 1.14 bits per heavy atom. The second-order valence-corrected chi connectivity index (χ2v) is 4.87. The number of nitrogens with one attached hydrogen (secondary N) is 1. The zero-order valence-corrected chi connectivity index (χ0v) is 11.8. The Morgan fingerprint density at radius 2 is 2.05 bits per heavy atom. The van der Waals surface area contributed by atoms with Crippen molar-refractivity contribution in [2.45, 2.75) is 6.54 Å². The lowest BCUT2D eigenvalue weighted by molar-refractivity contribution is 0.415. The monoisotopic (exact) mass is 284 g/mol. The smallest absolute Gasteiger partial charge is 0.125 e. The molecule has 0 saturated heterocycles. The van der Waals surface area contributed by atoms with Gasteiger partial charge in [0.2, 0.25) is 0 Å². The summed E-state index contributed by atoms with van der Waals surface area (Å²) in [5.41, 5.74) is 1.96. The first-order valence-corrected chi connectivity index (χ1v) is 6.88. The van der Waals surface area contributed by atoms with E-state index in [1.807, 2.05) is 18.2 Å². The Hall–Kier alpha value is -2.49. The lowest BCUT2D eigenvalue weighted by Gasteiger charge is -2.09. The van der Waals surface area contributed by atoms with Gasteiger partial charge in [-0.15, -0.1) is 0 Å². The van der Waals surface area contributed by atoms with Crippen LogP contribution in [0.2, 0.25) is 0 Å². The van der Waals surface area contributed by atoms with Gasteiger partial charge in [0, 0.05) is 35.9 Å². The van der Waals surface area contributed by atoms with E-state index in [0.717, 1.165) is 35.4 Å². The molecular formula is C17H17FN2O. The Labute approximate surface area is 123 Å². The maximum atomic E-state index is 13.1. The Balaban J connectivity index is 1.68. The molecule has 2 aromatic carbocycles. The van der Waals surface area contributed by atoms with Crippen LogP contribution in [0.5, 0.6) is 5.75 Å². The van der Waals surface area contributed by atoms with Crippen molar-refractivity contribution in [3.8, 4) is 5.75 Å². The van der Waals surface area contributed by atoms with Gasteiger partial charge in [0.1, 0.15) is 11.6 Å². The molecule has 21 heavy (non-hydrogen) atoms. The van der Waals surface area contributed by atoms with Crippen LogP contribution >= 0.6 is 0 Å². The summed E-state index contributed by atoms with van der Waals surface area (Å²) in [5, 5.41) is 4.38. The molecule has 1 heterocycles. The maximum Gasteiger partial charge on any atom is 0.125 e. The standard InChI is InChI=1S/C17H17FN2O/c1-21-16-5-6-17-13(11-16)7-9-20(17)10-8-19-15-4-2-3-14(18)12-15/h2-7,9,11-12,19H,8,10H2,1H3. The average molecular weight is 284 g/mol. The molecule has 3 nitrogen and oxygen atoms in total. The van der Waals surface area contributed by atoms with Gasteiger partial charge in [-0.3, -0.25) is 0 Å². The largest absolute Gasteiger partial charge is 0.497 e. The highest BCUT2D eigenvalue weighted by Crippen LogP contribution is 2.21. The highest BCUT2D eigenvalue weighted by molar-refractivity contribution is 5.81. The lowest BCUT2D eigenvalue weighted by Crippen LogP contribution is -2.09. The van der Waals surface area contributed by atoms with E-state index in [4.69, 9.17) is 4.74 Å². The molecule has 3 aromatic rings. The summed E-state index contributed by atoms with van der Waals surface area (Å²) in [5.74, 6) is 0.636. The van der Waals surface area contributed by atoms with Crippen LogP contribution in [0, 0.1) is 5.82 Å². The molecule has 0 aliphatic carbocycles. The second-order valence-electron chi connectivity index (χ2n) is 4.87. The van der Waals surface area contributed by atoms with Gasteiger partial charge in [-0.25, -0.2) is 4.39 Å². The molecule has 0 aliphatic rings. The predicted molar refractivity (Wildman–Crippen MR) is 83.4 cm³/mol. The Bertz CT molecular complexity index is 751. The molecule has 0 radical (unpaired) electrons. The Kier molecular flexibility index (Phi) is 3.77. The molecule has 0 spiro atoms. The number of anilines is 1. The zero-order chi connectivity index (χ0) is 14.7. The number of hydrogen-bond acceptors (Lipinski definition) is 2. The van der Waals surface area contributed by atoms with Gasteiger partial charge in [0.25, 0.3) is 0 Å². The van der Waals surface area contributed by atoms with Crippen molar-refractivity contribution in [3.05, 3.63) is 60.5 Å². The van der Waals surface area contributed by atoms with E-state index in [1.165, 1.54) is 12.1 Å². The fourth-order valence-electron chi connectivity index (χ4n) is 2.42. The fourth-order valence-corrected chi connectivity index (χ4v) is 2.42. The molecule has 0 fully saturated rings. The summed E-state index contributed by atoms with van der Waals surface area (Å²) in [4.78, 5) is 0. The quantitative estimate of drug-likeness (QED) is 0.769. The molecule has 0 aliphatic heterocycles. The molecule has 0 bridgehead atoms. The van der Waals surface area contributed by atoms with E-state index in [0.29, 0.717) is 0 Å². The van der Waals surface area contributed by atoms with Gasteiger partial charge in [-0.2, -0.15) is 0 Å². The van der Waals surface area contributed by atoms with Crippen molar-refractivity contribution < 1.29 is 9.13 Å². The van der Waals surface area contributed by atoms with Crippen molar-refractivity contribution in [2.24, 2.45) is 0 Å². The van der Waals surface area contributed by atoms with Gasteiger partial charge >= 0.3 is 0 Å². The van der Waals surface area contributed by atoms with Crippen LogP contribution in [0.3, 0.4) is 0 Å². The van der Waals surface area contributed by atoms with Crippen LogP contribution in [0.15, 0.2) is 54.7 Å². The summed E-state index contributed by atoms with van der Waals surface area (Å²) in [6.07, 6.45) is 2.05. The minimum Gasteiger partial charge on any atom is -0.497 e. The number of halogens is 1. The SMILES string of the molecule is COc1ccc2c(ccn2CCNc2cccc(F)c2)c1. The van der Waals surface area contributed by atoms with Crippen molar-refractivity contribution in [3.63, 3.8) is 0 Å². The minimum absolute atomic E-state index is 0.224. The number of aromatic nitrogens is 1. The first-order chi connectivity index (χ1) is 10.3. The van der Waals surface area contributed by atoms with Crippen molar-refractivity contribution in [1.29, 1.82) is 0 Å². The summed E-state index contributed by atoms with van der Waals surface area (Å²) in [7, 11) is 1.67. The van der Waals surface area contributed by atoms with E-state index in [1.54, 1.807) is 13.2 Å². The van der Waals surface area contributed by atoms with Crippen LogP contribution < -0.4 is 10.1 Å². The second kappa shape index (κ2) is 5.87. The van der Waals surface area contributed by atoms with Gasteiger partial charge in [-0.1, -0.05) is 6.07 Å². The third kappa shape index (κ3) is 2.99. The number of ether oxygens (including phenoxy) is 1. The van der Waals surface area contributed by atoms with Crippen molar-refractivity contribution >= 4 is 16.6 Å². The topological polar surface area (TPSA) is 26.2 Å². The van der Waals surface area contributed by atoms with Gasteiger partial charge in [0.05, 0.1) is 7.11 Å². The molecule has 108 valence electrons. The van der Waals surface area contributed by atoms with Gasteiger partial charge < -0.3 is 14.6 Å². The molecule has 1 aromatic heterocycles. The van der Waals surface area contributed by atoms with Crippen LogP contribution in [0.25, 0.3) is 10.9 Å². The molecule has 0 amide bonds. The van der Waals surface area contributed by atoms with E-state index in [9.17, 15) is 4.39 Å². The normalized spacial score (nSPS) is 10.8. The molecule has 3 rings (SSSR count). The molecule has 1 N–H and O–H groups in total. The van der Waals surface area contributed by atoms with E-state index in [-0.39, 0.29) is 5.82 Å². The fraction of sp³-hybridized carbons (Fsp3) is 0.176. The lowest BCUT2D eigenvalue weighted by atomic mass is 10.2. The average Bonchev–Trinajstić information content (AvgIpc) is 2.90. The zero-order valence-electron chi connectivity index (χ0n) is 11.8. The Morgan fingerprint density at radius 3 is 2.86 bits per heavy atom. The van der Waals surface area contributed by atoms with Crippen molar-refractivity contribution in [1.82, 2.24) is 4.57 Å². The van der Waals surface area contributed by atoms with E-state index in [2.05, 4.69) is 28.2 Å². The highest BCUT2D eigenvalue weighted by Gasteiger charge is 2.02. The summed E-state index contributed by atoms with van der Waals surface area (Å²) in [6, 6.07) is 14.6. The van der Waals surface area contributed by atoms with E-state index >= 15 is 0 Å². The number of rotatable bonds is 5. The third-order valence-electron chi connectivity index (χ3n) is 3.48. The first-order valence-electron chi connectivity index (χ1n) is 6.88. The molecule has 0 saturated carbocycles. The molecule has 0 atom stereocenters. The number of hydrogen-bond donors (Lipinski definition) is 1. The molecule has 0 unspecified atom stereocenters. The molecule has 4 heteroatoms. The van der Waals surface area contributed by atoms with Crippen LogP contribution in [0.1, 0.15) is 0 Å². The van der Waals surface area contributed by atoms with Crippen molar-refractivity contribution in [2.75, 3.05) is 19.0 Å². The summed E-state index contributed by atoms with van der Waals surface area (Å²) < 4.78 is 20.5.